The van der Waals surface area contributed by atoms with Crippen LogP contribution in [0, 0.1) is 5.92 Å². The van der Waals surface area contributed by atoms with Crippen LogP contribution in [0.2, 0.25) is 0 Å². The SMILES string of the molecule is COc1ccc(NC(=O)/C=C/[C@H](CC(C)C)NC(=O)[C@H](C)N(C(=O)O)C(C)(C)C)cc1. The minimum Gasteiger partial charge on any atom is -0.497 e. The number of nitrogens with zero attached hydrogens (tertiary/aromatic N) is 1. The number of anilines is 1. The third-order valence-electron chi connectivity index (χ3n) is 4.59. The van der Waals surface area contributed by atoms with Gasteiger partial charge in [0.15, 0.2) is 0 Å². The van der Waals surface area contributed by atoms with Crippen LogP contribution in [0.5, 0.6) is 5.75 Å². The molecule has 2 atom stereocenters. The quantitative estimate of drug-likeness (QED) is 0.512. The van der Waals surface area contributed by atoms with E-state index in [1.807, 2.05) is 13.8 Å². The van der Waals surface area contributed by atoms with Crippen molar-refractivity contribution in [2.75, 3.05) is 12.4 Å². The lowest BCUT2D eigenvalue weighted by Gasteiger charge is -2.37. The molecule has 0 heterocycles. The zero-order chi connectivity index (χ0) is 23.8. The minimum atomic E-state index is -1.16. The van der Waals surface area contributed by atoms with Gasteiger partial charge in [-0.05, 0) is 64.3 Å². The van der Waals surface area contributed by atoms with E-state index in [2.05, 4.69) is 10.6 Å². The molecule has 0 saturated carbocycles. The molecule has 1 aromatic carbocycles. The Morgan fingerprint density at radius 2 is 1.71 bits per heavy atom. The molecule has 31 heavy (non-hydrogen) atoms. The Balaban J connectivity index is 2.86. The smallest absolute Gasteiger partial charge is 0.408 e. The van der Waals surface area contributed by atoms with Gasteiger partial charge in [-0.25, -0.2) is 4.79 Å². The molecule has 0 radical (unpaired) electrons. The number of amides is 3. The molecular formula is C23H35N3O5. The third kappa shape index (κ3) is 8.70. The number of methoxy groups -OCH3 is 1. The predicted molar refractivity (Wildman–Crippen MR) is 121 cm³/mol. The van der Waals surface area contributed by atoms with Crippen LogP contribution >= 0.6 is 0 Å². The second-order valence-corrected chi connectivity index (χ2v) is 8.82. The average molecular weight is 434 g/mol. The van der Waals surface area contributed by atoms with Gasteiger partial charge >= 0.3 is 6.09 Å². The van der Waals surface area contributed by atoms with Crippen LogP contribution in [-0.2, 0) is 9.59 Å². The summed E-state index contributed by atoms with van der Waals surface area (Å²) >= 11 is 0. The Labute approximate surface area is 184 Å². The molecule has 3 N–H and O–H groups in total. The van der Waals surface area contributed by atoms with Gasteiger partial charge in [-0.1, -0.05) is 19.9 Å². The van der Waals surface area contributed by atoms with E-state index < -0.39 is 29.6 Å². The fourth-order valence-electron chi connectivity index (χ4n) is 3.21. The highest BCUT2D eigenvalue weighted by Gasteiger charge is 2.35. The fourth-order valence-corrected chi connectivity index (χ4v) is 3.21. The first-order chi connectivity index (χ1) is 14.3. The highest BCUT2D eigenvalue weighted by atomic mass is 16.5. The first kappa shape index (κ1) is 26.0. The second kappa shape index (κ2) is 11.4. The number of rotatable bonds is 9. The molecule has 0 unspecified atom stereocenters. The van der Waals surface area contributed by atoms with Crippen molar-refractivity contribution in [3.8, 4) is 5.75 Å². The van der Waals surface area contributed by atoms with Gasteiger partial charge < -0.3 is 20.5 Å². The van der Waals surface area contributed by atoms with Crippen LogP contribution in [0.4, 0.5) is 10.5 Å². The summed E-state index contributed by atoms with van der Waals surface area (Å²) in [5.41, 5.74) is -0.111. The molecule has 0 saturated heterocycles. The van der Waals surface area contributed by atoms with E-state index in [4.69, 9.17) is 4.74 Å². The Morgan fingerprint density at radius 3 is 2.16 bits per heavy atom. The van der Waals surface area contributed by atoms with E-state index in [0.29, 0.717) is 17.9 Å². The van der Waals surface area contributed by atoms with Crippen molar-refractivity contribution in [3.63, 3.8) is 0 Å². The molecule has 0 aliphatic carbocycles. The van der Waals surface area contributed by atoms with Crippen molar-refractivity contribution in [3.05, 3.63) is 36.4 Å². The summed E-state index contributed by atoms with van der Waals surface area (Å²) in [6, 6.07) is 5.65. The van der Waals surface area contributed by atoms with Gasteiger partial charge in [0, 0.05) is 23.3 Å². The minimum absolute atomic E-state index is 0.257. The van der Waals surface area contributed by atoms with E-state index in [1.54, 1.807) is 65.1 Å². The monoisotopic (exact) mass is 433 g/mol. The molecule has 1 aromatic rings. The summed E-state index contributed by atoms with van der Waals surface area (Å²) in [5, 5.41) is 15.1. The lowest BCUT2D eigenvalue weighted by Crippen LogP contribution is -2.56. The maximum absolute atomic E-state index is 12.8. The number of carboxylic acid groups (broad SMARTS) is 1. The van der Waals surface area contributed by atoms with Crippen molar-refractivity contribution in [1.82, 2.24) is 10.2 Å². The standard InChI is InChI=1S/C23H35N3O5/c1-15(2)14-18(25-21(28)16(3)26(22(29)30)23(4,5)6)10-13-20(27)24-17-8-11-19(31-7)12-9-17/h8-13,15-16,18H,14H2,1-7H3,(H,24,27)(H,25,28)(H,29,30)/b13-10+/t16-,18+/m0/s1. The van der Waals surface area contributed by atoms with Crippen LogP contribution in [0.15, 0.2) is 36.4 Å². The molecule has 0 spiro atoms. The maximum atomic E-state index is 12.8. The number of carbonyl (C=O) groups excluding carboxylic acids is 2. The highest BCUT2D eigenvalue weighted by molar-refractivity contribution is 5.99. The van der Waals surface area contributed by atoms with Gasteiger partial charge in [0.1, 0.15) is 11.8 Å². The summed E-state index contributed by atoms with van der Waals surface area (Å²) in [7, 11) is 1.57. The topological polar surface area (TPSA) is 108 Å². The molecule has 0 aromatic heterocycles. The van der Waals surface area contributed by atoms with Gasteiger partial charge in [0.05, 0.1) is 7.11 Å². The zero-order valence-electron chi connectivity index (χ0n) is 19.4. The van der Waals surface area contributed by atoms with E-state index in [1.165, 1.54) is 6.08 Å². The van der Waals surface area contributed by atoms with Gasteiger partial charge in [-0.3, -0.25) is 14.5 Å². The van der Waals surface area contributed by atoms with Crippen LogP contribution in [-0.4, -0.2) is 52.6 Å². The molecule has 3 amide bonds. The van der Waals surface area contributed by atoms with Crippen molar-refractivity contribution in [2.24, 2.45) is 5.92 Å². The first-order valence-electron chi connectivity index (χ1n) is 10.3. The Kier molecular flexibility index (Phi) is 9.55. The highest BCUT2D eigenvalue weighted by Crippen LogP contribution is 2.18. The third-order valence-corrected chi connectivity index (χ3v) is 4.59. The maximum Gasteiger partial charge on any atom is 0.408 e. The van der Waals surface area contributed by atoms with Gasteiger partial charge in [0.2, 0.25) is 11.8 Å². The van der Waals surface area contributed by atoms with E-state index in [-0.39, 0.29) is 11.8 Å². The summed E-state index contributed by atoms with van der Waals surface area (Å²) in [6.45, 7) is 10.8. The van der Waals surface area contributed by atoms with E-state index >= 15 is 0 Å². The van der Waals surface area contributed by atoms with Crippen molar-refractivity contribution >= 4 is 23.6 Å². The number of ether oxygens (including phenoxy) is 1. The summed E-state index contributed by atoms with van der Waals surface area (Å²) in [6.07, 6.45) is 2.45. The molecule has 1 rings (SSSR count). The van der Waals surface area contributed by atoms with Gasteiger partial charge in [-0.2, -0.15) is 0 Å². The largest absolute Gasteiger partial charge is 0.497 e. The van der Waals surface area contributed by atoms with Crippen LogP contribution in [0.1, 0.15) is 48.0 Å². The number of nitrogens with one attached hydrogen (secondary N) is 2. The van der Waals surface area contributed by atoms with Crippen molar-refractivity contribution in [2.45, 2.75) is 65.6 Å². The fraction of sp³-hybridized carbons (Fsp3) is 0.522. The molecule has 0 fully saturated rings. The average Bonchev–Trinajstić information content (AvgIpc) is 2.64. The molecule has 172 valence electrons. The molecule has 0 bridgehead atoms. The molecule has 0 aliphatic rings. The van der Waals surface area contributed by atoms with Gasteiger partial charge in [-0.15, -0.1) is 0 Å². The molecule has 8 heteroatoms. The Bertz CT molecular complexity index is 781. The van der Waals surface area contributed by atoms with Crippen molar-refractivity contribution < 1.29 is 24.2 Å². The zero-order valence-corrected chi connectivity index (χ0v) is 19.4. The Morgan fingerprint density at radius 1 is 1.13 bits per heavy atom. The summed E-state index contributed by atoms with van der Waals surface area (Å²) in [5.74, 6) is 0.201. The van der Waals surface area contributed by atoms with E-state index in [9.17, 15) is 19.5 Å². The van der Waals surface area contributed by atoms with Crippen LogP contribution in [0.3, 0.4) is 0 Å². The van der Waals surface area contributed by atoms with Gasteiger partial charge in [0.25, 0.3) is 0 Å². The number of hydrogen-bond acceptors (Lipinski definition) is 4. The molecular weight excluding hydrogens is 398 g/mol. The number of hydrogen-bond donors (Lipinski definition) is 3. The summed E-state index contributed by atoms with van der Waals surface area (Å²) < 4.78 is 5.09. The second-order valence-electron chi connectivity index (χ2n) is 8.82. The predicted octanol–water partition coefficient (Wildman–Crippen LogP) is 3.89. The molecule has 8 nitrogen and oxygen atoms in total. The number of carbonyl (C=O) groups is 3. The molecule has 0 aliphatic heterocycles. The lowest BCUT2D eigenvalue weighted by molar-refractivity contribution is -0.127. The van der Waals surface area contributed by atoms with Crippen LogP contribution in [0.25, 0.3) is 0 Å². The van der Waals surface area contributed by atoms with Crippen LogP contribution < -0.4 is 15.4 Å². The summed E-state index contributed by atoms with van der Waals surface area (Å²) in [4.78, 5) is 37.8. The lowest BCUT2D eigenvalue weighted by atomic mass is 10.0. The van der Waals surface area contributed by atoms with Crippen molar-refractivity contribution in [1.29, 1.82) is 0 Å². The number of benzene rings is 1. The van der Waals surface area contributed by atoms with E-state index in [0.717, 1.165) is 4.90 Å². The Hall–Kier alpha value is -3.03. The first-order valence-corrected chi connectivity index (χ1v) is 10.3. The normalized spacial score (nSPS) is 13.5.